The van der Waals surface area contributed by atoms with Crippen LogP contribution in [0, 0.1) is 11.8 Å². The average molecular weight is 921 g/mol. The molecule has 3 aliphatic heterocycles. The van der Waals surface area contributed by atoms with Crippen molar-refractivity contribution in [3.05, 3.63) is 23.8 Å². The Morgan fingerprint density at radius 2 is 1.55 bits per heavy atom. The molecule has 0 saturated carbocycles. The minimum absolute atomic E-state index is 0.0942. The normalized spacial score (nSPS) is 29.9. The highest BCUT2D eigenvalue weighted by atomic mass is 32.2. The minimum atomic E-state index is -2.36. The van der Waals surface area contributed by atoms with E-state index in [1.54, 1.807) is 13.8 Å². The second kappa shape index (κ2) is 21.3. The Morgan fingerprint density at radius 3 is 2.20 bits per heavy atom. The highest BCUT2D eigenvalue weighted by Crippen LogP contribution is 2.30. The third kappa shape index (κ3) is 11.7. The molecule has 352 valence electrons. The Kier molecular flexibility index (Phi) is 16.4. The lowest BCUT2D eigenvalue weighted by Gasteiger charge is -2.36. The maximum atomic E-state index is 14.6. The summed E-state index contributed by atoms with van der Waals surface area (Å²) in [5.41, 5.74) is 5.79. The molecule has 2 unspecified atom stereocenters. The second-order valence-electron chi connectivity index (χ2n) is 16.3. The number of nitrogens with two attached hydrogens (primary N) is 1. The van der Waals surface area contributed by atoms with Crippen molar-refractivity contribution < 1.29 is 68.1 Å². The van der Waals surface area contributed by atoms with Gasteiger partial charge in [-0.3, -0.25) is 47.5 Å². The van der Waals surface area contributed by atoms with Gasteiger partial charge in [0.15, 0.2) is 0 Å². The molecule has 0 radical (unpaired) electrons. The summed E-state index contributed by atoms with van der Waals surface area (Å²) < 4.78 is 14.6. The molecular formula is C39H56N10O14S. The predicted octanol–water partition coefficient (Wildman–Crippen LogP) is -6.13. The van der Waals surface area contributed by atoms with E-state index in [0.29, 0.717) is 6.42 Å². The highest BCUT2D eigenvalue weighted by molar-refractivity contribution is 7.85. The molecule has 12 atom stereocenters. The summed E-state index contributed by atoms with van der Waals surface area (Å²) in [6.45, 7) is 1.93. The number of carbonyl (C=O) groups excluding carboxylic acids is 8. The summed E-state index contributed by atoms with van der Waals surface area (Å²) in [5.74, 6) is -10.6. The number of nitrogens with one attached hydrogen (secondary N) is 8. The molecule has 2 aromatic rings. The number of primary amides is 1. The molecule has 15 N–H and O–H groups in total. The number of phenols is 1. The largest absolute Gasteiger partial charge is 0.508 e. The molecule has 1 fully saturated rings. The Labute approximate surface area is 368 Å². The zero-order chi connectivity index (χ0) is 47.2. The van der Waals surface area contributed by atoms with Gasteiger partial charge in [-0.05, 0) is 30.0 Å². The van der Waals surface area contributed by atoms with E-state index in [-0.39, 0.29) is 33.7 Å². The van der Waals surface area contributed by atoms with Crippen molar-refractivity contribution in [2.75, 3.05) is 32.0 Å². The summed E-state index contributed by atoms with van der Waals surface area (Å²) in [6, 6.07) is -5.58. The van der Waals surface area contributed by atoms with E-state index in [1.807, 2.05) is 0 Å². The molecule has 5 rings (SSSR count). The molecule has 8 amide bonds. The number of rotatable bonds is 7. The van der Waals surface area contributed by atoms with Crippen molar-refractivity contribution in [2.24, 2.45) is 17.6 Å². The van der Waals surface area contributed by atoms with E-state index in [4.69, 9.17) is 5.73 Å². The number of carbonyl (C=O) groups is 8. The second-order valence-corrected chi connectivity index (χ2v) is 17.8. The third-order valence-electron chi connectivity index (χ3n) is 11.7. The van der Waals surface area contributed by atoms with Crippen LogP contribution in [0.2, 0.25) is 0 Å². The first-order valence-corrected chi connectivity index (χ1v) is 22.0. The lowest BCUT2D eigenvalue weighted by molar-refractivity contribution is -0.139. The fourth-order valence-corrected chi connectivity index (χ4v) is 9.27. The quantitative estimate of drug-likeness (QED) is 0.123. The number of aliphatic hydroxyl groups is 4. The van der Waals surface area contributed by atoms with E-state index in [2.05, 4.69) is 42.2 Å². The number of hydrogen-bond acceptors (Lipinski definition) is 15. The highest BCUT2D eigenvalue weighted by Gasteiger charge is 2.45. The molecule has 1 aromatic heterocycles. The van der Waals surface area contributed by atoms with Gasteiger partial charge in [0, 0.05) is 30.3 Å². The van der Waals surface area contributed by atoms with Gasteiger partial charge in [0.05, 0.1) is 72.5 Å². The van der Waals surface area contributed by atoms with Crippen LogP contribution in [0.3, 0.4) is 0 Å². The molecule has 25 heteroatoms. The van der Waals surface area contributed by atoms with Gasteiger partial charge >= 0.3 is 0 Å². The summed E-state index contributed by atoms with van der Waals surface area (Å²) in [4.78, 5) is 114. The number of aromatic nitrogens is 1. The summed E-state index contributed by atoms with van der Waals surface area (Å²) >= 11 is 0. The zero-order valence-corrected chi connectivity index (χ0v) is 36.1. The number of hydrogen-bond donors (Lipinski definition) is 14. The van der Waals surface area contributed by atoms with Crippen LogP contribution in [0.1, 0.15) is 45.6 Å². The van der Waals surface area contributed by atoms with Crippen LogP contribution in [0.15, 0.2) is 23.2 Å². The molecule has 64 heavy (non-hydrogen) atoms. The summed E-state index contributed by atoms with van der Waals surface area (Å²) in [6.07, 6.45) is -6.13. The van der Waals surface area contributed by atoms with Gasteiger partial charge < -0.3 is 73.5 Å². The number of aromatic amines is 1. The average Bonchev–Trinajstić information content (AvgIpc) is 3.82. The third-order valence-corrected chi connectivity index (χ3v) is 13.2. The van der Waals surface area contributed by atoms with Crippen LogP contribution < -0.4 is 43.0 Å². The Balaban J connectivity index is 1.73. The van der Waals surface area contributed by atoms with Gasteiger partial charge in [0.1, 0.15) is 41.2 Å². The van der Waals surface area contributed by atoms with Gasteiger partial charge in [0.2, 0.25) is 47.3 Å². The van der Waals surface area contributed by atoms with Crippen LogP contribution in [0.25, 0.3) is 10.9 Å². The van der Waals surface area contributed by atoms with E-state index in [1.165, 1.54) is 25.1 Å². The standard InChI is InChI=1S/C39H56N10O14S/c1-4-16(2)31-36(60)42-11-29(55)43-25-15-64(63)38-21(20-6-5-18(51)7-22(20)46-38)9-23(33(57)41-12-30(56)47-31)44-37(61)32(17(3)27(53)14-50)48-35(59)26-8-19(52)13-49(26)39(62)24(10-28(40)54)45-34(25)58/h5-7,16-17,19,23-27,31-32,39,46,50-53,62H,4,8-15H2,1-3H3,(H2,40,54)(H,41,57)(H,42,60)(H,43,55)(H,44,61)(H,45,58)(H,47,56)(H,48,59)/t16-,17-,19+,23+,24-,25-,26-,27-,31-,32-,39?,64?/m0/s1. The molecular weight excluding hydrogens is 865 g/mol. The van der Waals surface area contributed by atoms with Crippen LogP contribution in [0.5, 0.6) is 5.75 Å². The SMILES string of the molecule is CC[C@H](C)[C@@H]1NC(=O)CNC(=O)[C@H]2Cc3c([nH]c4cc(O)ccc34)S(=O)C[C@H](NC(=O)CNC1=O)C(=O)N[C@@H](CC(N)=O)C(O)N1C[C@H](O)C[C@H]1C(=O)N[C@@H]([C@@H](C)[C@@H](O)CO)C(=O)N2. The topological polar surface area (TPSA) is 384 Å². The van der Waals surface area contributed by atoms with E-state index < -0.39 is 169 Å². The lowest BCUT2D eigenvalue weighted by Crippen LogP contribution is -2.63. The molecule has 0 aliphatic carbocycles. The van der Waals surface area contributed by atoms with Crippen molar-refractivity contribution >= 4 is 69.0 Å². The van der Waals surface area contributed by atoms with Gasteiger partial charge in [-0.1, -0.05) is 27.2 Å². The zero-order valence-electron chi connectivity index (χ0n) is 35.3. The first-order chi connectivity index (χ1) is 30.2. The Hall–Kier alpha value is -5.73. The Bertz CT molecular complexity index is 2160. The monoisotopic (exact) mass is 920 g/mol. The molecule has 1 saturated heterocycles. The van der Waals surface area contributed by atoms with E-state index in [0.717, 1.165) is 4.90 Å². The smallest absolute Gasteiger partial charge is 0.243 e. The van der Waals surface area contributed by atoms with Gasteiger partial charge in [-0.2, -0.15) is 0 Å². The number of aromatic hydroxyl groups is 1. The van der Waals surface area contributed by atoms with Gasteiger partial charge in [-0.15, -0.1) is 0 Å². The number of fused-ring (bicyclic) bond motifs is 5. The van der Waals surface area contributed by atoms with Gasteiger partial charge in [-0.25, -0.2) is 0 Å². The van der Waals surface area contributed by atoms with Crippen LogP contribution in [-0.2, 0) is 55.6 Å². The number of aliphatic hydroxyl groups excluding tert-OH is 4. The fraction of sp³-hybridized carbons (Fsp3) is 0.590. The lowest BCUT2D eigenvalue weighted by atomic mass is 9.93. The summed E-state index contributed by atoms with van der Waals surface area (Å²) in [7, 11) is -2.36. The van der Waals surface area contributed by atoms with Crippen LogP contribution >= 0.6 is 0 Å². The molecule has 4 heterocycles. The Morgan fingerprint density at radius 1 is 0.875 bits per heavy atom. The molecule has 1 aromatic carbocycles. The van der Waals surface area contributed by atoms with E-state index >= 15 is 0 Å². The summed E-state index contributed by atoms with van der Waals surface area (Å²) in [5, 5.41) is 70.8. The van der Waals surface area contributed by atoms with Crippen molar-refractivity contribution in [3.63, 3.8) is 0 Å². The molecule has 24 nitrogen and oxygen atoms in total. The maximum Gasteiger partial charge on any atom is 0.243 e. The minimum Gasteiger partial charge on any atom is -0.508 e. The first-order valence-electron chi connectivity index (χ1n) is 20.7. The van der Waals surface area contributed by atoms with Crippen molar-refractivity contribution in [3.8, 4) is 5.75 Å². The number of benzene rings is 1. The van der Waals surface area contributed by atoms with Crippen molar-refractivity contribution in [2.45, 2.75) is 106 Å². The molecule has 2 bridgehead atoms. The molecule has 0 spiro atoms. The fourth-order valence-electron chi connectivity index (χ4n) is 7.87. The predicted molar refractivity (Wildman–Crippen MR) is 223 cm³/mol. The van der Waals surface area contributed by atoms with Crippen molar-refractivity contribution in [1.82, 2.24) is 47.1 Å². The van der Waals surface area contributed by atoms with E-state index in [9.17, 15) is 68.1 Å². The van der Waals surface area contributed by atoms with Crippen molar-refractivity contribution in [1.29, 1.82) is 0 Å². The first kappa shape index (κ1) is 49.3. The number of nitrogens with zero attached hydrogens (tertiary/aromatic N) is 1. The number of phenolic OH excluding ortho intramolecular Hbond substituents is 1. The van der Waals surface area contributed by atoms with Crippen LogP contribution in [-0.4, -0.2) is 174 Å². The molecule has 3 aliphatic rings. The number of H-pyrrole nitrogens is 1. The number of amides is 8. The van der Waals surface area contributed by atoms with Gasteiger partial charge in [0.25, 0.3) is 0 Å². The maximum absolute atomic E-state index is 14.6. The van der Waals surface area contributed by atoms with Crippen LogP contribution in [0.4, 0.5) is 0 Å².